The summed E-state index contributed by atoms with van der Waals surface area (Å²) in [7, 11) is 0. The topological polar surface area (TPSA) is 32.3 Å². The van der Waals surface area contributed by atoms with Crippen LogP contribution in [0.5, 0.6) is 0 Å². The molecule has 1 aromatic rings. The molecule has 0 fully saturated rings. The highest BCUT2D eigenvalue weighted by molar-refractivity contribution is 6.22. The molecule has 80 valence electrons. The van der Waals surface area contributed by atoms with Crippen molar-refractivity contribution in [2.75, 3.05) is 10.2 Å². The summed E-state index contributed by atoms with van der Waals surface area (Å²) in [5.74, 6) is 0. The Morgan fingerprint density at radius 1 is 1.60 bits per heavy atom. The predicted molar refractivity (Wildman–Crippen MR) is 62.3 cm³/mol. The van der Waals surface area contributed by atoms with Crippen molar-refractivity contribution in [3.8, 4) is 0 Å². The van der Waals surface area contributed by atoms with Crippen molar-refractivity contribution in [2.45, 2.75) is 25.0 Å². The van der Waals surface area contributed by atoms with Gasteiger partial charge in [-0.3, -0.25) is 4.79 Å². The molecular formula is C11H13ClN2O. The van der Waals surface area contributed by atoms with Crippen LogP contribution in [0, 0.1) is 0 Å². The van der Waals surface area contributed by atoms with Gasteiger partial charge in [0.2, 0.25) is 0 Å². The van der Waals surface area contributed by atoms with Crippen molar-refractivity contribution in [1.82, 2.24) is 0 Å². The van der Waals surface area contributed by atoms with Crippen LogP contribution in [0.15, 0.2) is 24.3 Å². The zero-order valence-electron chi connectivity index (χ0n) is 8.48. The van der Waals surface area contributed by atoms with E-state index in [-0.39, 0.29) is 11.7 Å². The maximum absolute atomic E-state index is 10.9. The minimum atomic E-state index is -0.343. The standard InChI is InChI=1S/C11H13ClN2O/c1-2-10(12)14-9-6-4-3-5-8(9)13-11(14)7-15/h3-7,10-11,13H,2H2,1H3. The van der Waals surface area contributed by atoms with E-state index >= 15 is 0 Å². The van der Waals surface area contributed by atoms with Gasteiger partial charge in [-0.05, 0) is 18.6 Å². The Morgan fingerprint density at radius 3 is 3.00 bits per heavy atom. The van der Waals surface area contributed by atoms with Crippen molar-refractivity contribution >= 4 is 29.3 Å². The number of carbonyl (C=O) groups is 1. The molecule has 0 bridgehead atoms. The molecule has 0 radical (unpaired) electrons. The first-order valence-electron chi connectivity index (χ1n) is 5.01. The van der Waals surface area contributed by atoms with E-state index in [0.717, 1.165) is 24.1 Å². The van der Waals surface area contributed by atoms with Gasteiger partial charge in [0.15, 0.2) is 12.5 Å². The smallest absolute Gasteiger partial charge is 0.162 e. The fraction of sp³-hybridized carbons (Fsp3) is 0.364. The number of hydrogen-bond donors (Lipinski definition) is 1. The highest BCUT2D eigenvalue weighted by Gasteiger charge is 2.31. The number of anilines is 2. The molecule has 4 heteroatoms. The summed E-state index contributed by atoms with van der Waals surface area (Å²) < 4.78 is 0. The molecule has 3 nitrogen and oxygen atoms in total. The molecule has 0 aromatic heterocycles. The Kier molecular flexibility index (Phi) is 2.82. The number of rotatable bonds is 3. The third kappa shape index (κ3) is 1.67. The highest BCUT2D eigenvalue weighted by atomic mass is 35.5. The molecule has 1 heterocycles. The molecule has 2 unspecified atom stereocenters. The molecule has 1 aliphatic heterocycles. The van der Waals surface area contributed by atoms with E-state index in [4.69, 9.17) is 11.6 Å². The van der Waals surface area contributed by atoms with E-state index in [1.54, 1.807) is 0 Å². The van der Waals surface area contributed by atoms with E-state index in [2.05, 4.69) is 5.32 Å². The second kappa shape index (κ2) is 4.11. The Morgan fingerprint density at radius 2 is 2.33 bits per heavy atom. The molecule has 0 aliphatic carbocycles. The van der Waals surface area contributed by atoms with Gasteiger partial charge >= 0.3 is 0 Å². The number of nitrogens with one attached hydrogen (secondary N) is 1. The van der Waals surface area contributed by atoms with Crippen molar-refractivity contribution in [1.29, 1.82) is 0 Å². The van der Waals surface area contributed by atoms with Gasteiger partial charge in [0, 0.05) is 0 Å². The SMILES string of the molecule is CCC(Cl)N1c2ccccc2NC1C=O. The zero-order chi connectivity index (χ0) is 10.8. The van der Waals surface area contributed by atoms with Crippen molar-refractivity contribution in [3.05, 3.63) is 24.3 Å². The summed E-state index contributed by atoms with van der Waals surface area (Å²) in [4.78, 5) is 12.9. The van der Waals surface area contributed by atoms with Crippen LogP contribution in [-0.2, 0) is 4.79 Å². The third-order valence-electron chi connectivity index (χ3n) is 2.55. The fourth-order valence-electron chi connectivity index (χ4n) is 1.82. The number of nitrogens with zero attached hydrogens (tertiary/aromatic N) is 1. The van der Waals surface area contributed by atoms with Crippen LogP contribution in [0.1, 0.15) is 13.3 Å². The lowest BCUT2D eigenvalue weighted by Crippen LogP contribution is -2.41. The first kappa shape index (κ1) is 10.3. The van der Waals surface area contributed by atoms with E-state index in [1.165, 1.54) is 0 Å². The lowest BCUT2D eigenvalue weighted by molar-refractivity contribution is -0.108. The number of para-hydroxylation sites is 2. The number of benzene rings is 1. The lowest BCUT2D eigenvalue weighted by atomic mass is 10.2. The molecule has 1 aromatic carbocycles. The van der Waals surface area contributed by atoms with Crippen LogP contribution < -0.4 is 10.2 Å². The molecule has 15 heavy (non-hydrogen) atoms. The van der Waals surface area contributed by atoms with Gasteiger partial charge < -0.3 is 10.2 Å². The number of halogens is 1. The monoisotopic (exact) mass is 224 g/mol. The number of fused-ring (bicyclic) bond motifs is 1. The van der Waals surface area contributed by atoms with Crippen LogP contribution in [0.25, 0.3) is 0 Å². The minimum absolute atomic E-state index is 0.156. The average molecular weight is 225 g/mol. The summed E-state index contributed by atoms with van der Waals surface area (Å²) in [6.45, 7) is 2.00. The Balaban J connectivity index is 2.37. The largest absolute Gasteiger partial charge is 0.358 e. The van der Waals surface area contributed by atoms with Crippen molar-refractivity contribution in [3.63, 3.8) is 0 Å². The number of aldehydes is 1. The summed E-state index contributed by atoms with van der Waals surface area (Å²) in [6, 6.07) is 7.80. The lowest BCUT2D eigenvalue weighted by Gasteiger charge is -2.27. The molecule has 1 aliphatic rings. The van der Waals surface area contributed by atoms with Crippen LogP contribution >= 0.6 is 11.6 Å². The highest BCUT2D eigenvalue weighted by Crippen LogP contribution is 2.36. The van der Waals surface area contributed by atoms with Gasteiger partial charge in [0.05, 0.1) is 11.4 Å². The van der Waals surface area contributed by atoms with Gasteiger partial charge in [0.25, 0.3) is 0 Å². The summed E-state index contributed by atoms with van der Waals surface area (Å²) in [5, 5.41) is 3.12. The Hall–Kier alpha value is -1.22. The molecule has 0 spiro atoms. The van der Waals surface area contributed by atoms with Gasteiger partial charge in [0.1, 0.15) is 5.50 Å². The molecule has 0 amide bonds. The molecule has 2 rings (SSSR count). The predicted octanol–water partition coefficient (Wildman–Crippen LogP) is 2.42. The van der Waals surface area contributed by atoms with Gasteiger partial charge in [-0.2, -0.15) is 0 Å². The zero-order valence-corrected chi connectivity index (χ0v) is 9.24. The van der Waals surface area contributed by atoms with Gasteiger partial charge in [-0.15, -0.1) is 0 Å². The summed E-state index contributed by atoms with van der Waals surface area (Å²) in [6.07, 6.45) is 1.33. The maximum atomic E-state index is 10.9. The third-order valence-corrected chi connectivity index (χ3v) is 3.07. The van der Waals surface area contributed by atoms with Gasteiger partial charge in [-0.25, -0.2) is 0 Å². The number of alkyl halides is 1. The fourth-order valence-corrected chi connectivity index (χ4v) is 2.05. The van der Waals surface area contributed by atoms with Gasteiger partial charge in [-0.1, -0.05) is 30.7 Å². The van der Waals surface area contributed by atoms with E-state index < -0.39 is 0 Å². The molecular weight excluding hydrogens is 212 g/mol. The van der Waals surface area contributed by atoms with E-state index in [9.17, 15) is 4.79 Å². The molecule has 0 saturated heterocycles. The van der Waals surface area contributed by atoms with E-state index in [0.29, 0.717) is 0 Å². The number of carbonyl (C=O) groups excluding carboxylic acids is 1. The maximum Gasteiger partial charge on any atom is 0.162 e. The average Bonchev–Trinajstić information content (AvgIpc) is 2.66. The second-order valence-electron chi connectivity index (χ2n) is 3.49. The first-order chi connectivity index (χ1) is 7.27. The first-order valence-corrected chi connectivity index (χ1v) is 5.45. The van der Waals surface area contributed by atoms with Crippen LogP contribution in [0.2, 0.25) is 0 Å². The van der Waals surface area contributed by atoms with Crippen LogP contribution in [0.4, 0.5) is 11.4 Å². The minimum Gasteiger partial charge on any atom is -0.358 e. The molecule has 2 atom stereocenters. The Labute approximate surface area is 94.0 Å². The second-order valence-corrected chi connectivity index (χ2v) is 4.00. The Bertz CT molecular complexity index is 369. The van der Waals surface area contributed by atoms with Crippen LogP contribution in [0.3, 0.4) is 0 Å². The van der Waals surface area contributed by atoms with E-state index in [1.807, 2.05) is 36.1 Å². The molecule has 1 N–H and O–H groups in total. The quantitative estimate of drug-likeness (QED) is 0.486. The normalized spacial score (nSPS) is 20.7. The molecule has 0 saturated carbocycles. The summed E-state index contributed by atoms with van der Waals surface area (Å²) >= 11 is 6.20. The van der Waals surface area contributed by atoms with Crippen molar-refractivity contribution in [2.24, 2.45) is 0 Å². The summed E-state index contributed by atoms with van der Waals surface area (Å²) in [5.41, 5.74) is 1.81. The number of hydrogen-bond acceptors (Lipinski definition) is 3. The van der Waals surface area contributed by atoms with Crippen molar-refractivity contribution < 1.29 is 4.79 Å². The van der Waals surface area contributed by atoms with Crippen LogP contribution in [-0.4, -0.2) is 18.0 Å².